The van der Waals surface area contributed by atoms with Gasteiger partial charge in [-0.15, -0.1) is 10.2 Å². The van der Waals surface area contributed by atoms with Gasteiger partial charge in [0.15, 0.2) is 5.82 Å². The second kappa shape index (κ2) is 10.1. The Morgan fingerprint density at radius 1 is 1.06 bits per heavy atom. The topological polar surface area (TPSA) is 98.3 Å². The lowest BCUT2D eigenvalue weighted by molar-refractivity contribution is -0.115. The number of benzene rings is 2. The molecule has 1 aliphatic heterocycles. The Bertz CT molecular complexity index is 1120. The molecule has 2 heterocycles. The Hall–Kier alpha value is -3.04. The fourth-order valence-corrected chi connectivity index (χ4v) is 4.48. The van der Waals surface area contributed by atoms with E-state index >= 15 is 0 Å². The van der Waals surface area contributed by atoms with Gasteiger partial charge in [0.25, 0.3) is 0 Å². The summed E-state index contributed by atoms with van der Waals surface area (Å²) in [5.41, 5.74) is 4.07. The van der Waals surface area contributed by atoms with Crippen molar-refractivity contribution in [3.05, 3.63) is 54.1 Å². The molecule has 1 aromatic heterocycles. The maximum atomic E-state index is 12.8. The number of nitrogens with two attached hydrogens (primary N) is 1. The highest BCUT2D eigenvalue weighted by molar-refractivity contribution is 8.00. The number of morpholine rings is 1. The zero-order chi connectivity index (χ0) is 24.3. The van der Waals surface area contributed by atoms with Crippen molar-refractivity contribution in [2.75, 3.05) is 42.4 Å². The molecule has 0 saturated carbocycles. The zero-order valence-electron chi connectivity index (χ0n) is 20.1. The number of ether oxygens (including phenoxy) is 1. The van der Waals surface area contributed by atoms with Gasteiger partial charge in [-0.3, -0.25) is 4.79 Å². The predicted octanol–water partition coefficient (Wildman–Crippen LogP) is 3.91. The van der Waals surface area contributed by atoms with Gasteiger partial charge in [-0.05, 0) is 42.2 Å². The van der Waals surface area contributed by atoms with Crippen molar-refractivity contribution < 1.29 is 9.53 Å². The average Bonchev–Trinajstić information content (AvgIpc) is 3.19. The van der Waals surface area contributed by atoms with Crippen molar-refractivity contribution in [3.8, 4) is 11.4 Å². The molecular weight excluding hydrogens is 448 g/mol. The van der Waals surface area contributed by atoms with Gasteiger partial charge in [0.2, 0.25) is 11.1 Å². The van der Waals surface area contributed by atoms with Gasteiger partial charge in [0.05, 0.1) is 18.5 Å². The molecule has 2 aromatic carbocycles. The summed E-state index contributed by atoms with van der Waals surface area (Å²) < 4.78 is 6.85. The Labute approximate surface area is 204 Å². The molecule has 3 N–H and O–H groups in total. The normalized spacial score (nSPS) is 15.2. The highest BCUT2D eigenvalue weighted by atomic mass is 32.2. The quantitative estimate of drug-likeness (QED) is 0.408. The van der Waals surface area contributed by atoms with E-state index in [9.17, 15) is 4.79 Å². The van der Waals surface area contributed by atoms with Crippen LogP contribution < -0.4 is 16.1 Å². The molecule has 4 rings (SSSR count). The van der Waals surface area contributed by atoms with Crippen molar-refractivity contribution in [1.29, 1.82) is 0 Å². The summed E-state index contributed by atoms with van der Waals surface area (Å²) in [5.74, 6) is 6.72. The minimum Gasteiger partial charge on any atom is -0.378 e. The van der Waals surface area contributed by atoms with Crippen LogP contribution >= 0.6 is 11.8 Å². The molecule has 0 aliphatic carbocycles. The molecule has 1 fully saturated rings. The molecule has 0 spiro atoms. The third-order valence-electron chi connectivity index (χ3n) is 5.84. The van der Waals surface area contributed by atoms with Gasteiger partial charge >= 0.3 is 0 Å². The van der Waals surface area contributed by atoms with Crippen molar-refractivity contribution in [3.63, 3.8) is 0 Å². The highest BCUT2D eigenvalue weighted by Crippen LogP contribution is 2.28. The molecule has 1 atom stereocenters. The summed E-state index contributed by atoms with van der Waals surface area (Å²) in [7, 11) is 0. The van der Waals surface area contributed by atoms with E-state index in [0.717, 1.165) is 43.2 Å². The van der Waals surface area contributed by atoms with E-state index in [0.29, 0.717) is 11.0 Å². The lowest BCUT2D eigenvalue weighted by atomic mass is 9.87. The first-order chi connectivity index (χ1) is 16.2. The average molecular weight is 481 g/mol. The first-order valence-corrected chi connectivity index (χ1v) is 12.3. The van der Waals surface area contributed by atoms with Crippen LogP contribution in [-0.4, -0.2) is 52.3 Å². The number of nitrogen functional groups attached to an aromatic ring is 1. The third kappa shape index (κ3) is 5.53. The molecule has 180 valence electrons. The number of carbonyl (C=O) groups excluding carboxylic acids is 1. The number of aromatic nitrogens is 3. The number of anilines is 2. The van der Waals surface area contributed by atoms with Crippen molar-refractivity contribution in [2.24, 2.45) is 0 Å². The fourth-order valence-electron chi connectivity index (χ4n) is 3.71. The zero-order valence-corrected chi connectivity index (χ0v) is 20.9. The van der Waals surface area contributed by atoms with E-state index in [1.54, 1.807) is 0 Å². The SMILES string of the molecule is CC(Sc1nnc(-c2ccc(C(C)(C)C)cc2)n1N)C(=O)Nc1ccc(N2CCOCC2)cc1. The minimum absolute atomic E-state index is 0.0710. The molecule has 9 heteroatoms. The first kappa shape index (κ1) is 24.1. The molecule has 1 saturated heterocycles. The van der Waals surface area contributed by atoms with Crippen molar-refractivity contribution in [2.45, 2.75) is 43.5 Å². The second-order valence-corrected chi connectivity index (χ2v) is 10.7. The molecule has 1 amide bonds. The Morgan fingerprint density at radius 2 is 1.71 bits per heavy atom. The molecule has 3 aromatic rings. The maximum absolute atomic E-state index is 12.8. The van der Waals surface area contributed by atoms with Crippen LogP contribution in [0.25, 0.3) is 11.4 Å². The highest BCUT2D eigenvalue weighted by Gasteiger charge is 2.21. The summed E-state index contributed by atoms with van der Waals surface area (Å²) in [6.07, 6.45) is 0. The van der Waals surface area contributed by atoms with Gasteiger partial charge < -0.3 is 20.8 Å². The first-order valence-electron chi connectivity index (χ1n) is 11.4. The fraction of sp³-hybridized carbons (Fsp3) is 0.400. The molecule has 8 nitrogen and oxygen atoms in total. The largest absolute Gasteiger partial charge is 0.378 e. The number of hydrogen-bond acceptors (Lipinski definition) is 7. The molecular formula is C25H32N6O2S. The van der Waals surface area contributed by atoms with Crippen LogP contribution in [0.4, 0.5) is 11.4 Å². The van der Waals surface area contributed by atoms with E-state index in [1.807, 2.05) is 43.3 Å². The maximum Gasteiger partial charge on any atom is 0.237 e. The predicted molar refractivity (Wildman–Crippen MR) is 138 cm³/mol. The molecule has 34 heavy (non-hydrogen) atoms. The van der Waals surface area contributed by atoms with Crippen LogP contribution in [0.5, 0.6) is 0 Å². The second-order valence-electron chi connectivity index (χ2n) is 9.40. The molecule has 1 unspecified atom stereocenters. The van der Waals surface area contributed by atoms with Crippen LogP contribution in [0.15, 0.2) is 53.7 Å². The van der Waals surface area contributed by atoms with E-state index in [2.05, 4.69) is 53.3 Å². The van der Waals surface area contributed by atoms with Gasteiger partial charge in [-0.2, -0.15) is 0 Å². The van der Waals surface area contributed by atoms with E-state index in [-0.39, 0.29) is 11.3 Å². The Balaban J connectivity index is 1.37. The number of thioether (sulfide) groups is 1. The lowest BCUT2D eigenvalue weighted by Crippen LogP contribution is -2.36. The number of nitrogens with zero attached hydrogens (tertiary/aromatic N) is 4. The number of rotatable bonds is 6. The van der Waals surface area contributed by atoms with Crippen LogP contribution in [0, 0.1) is 0 Å². The lowest BCUT2D eigenvalue weighted by Gasteiger charge is -2.28. The number of hydrogen-bond donors (Lipinski definition) is 2. The van der Waals surface area contributed by atoms with Crippen LogP contribution in [-0.2, 0) is 14.9 Å². The third-order valence-corrected chi connectivity index (χ3v) is 6.89. The smallest absolute Gasteiger partial charge is 0.237 e. The van der Waals surface area contributed by atoms with Crippen LogP contribution in [0.1, 0.15) is 33.3 Å². The van der Waals surface area contributed by atoms with Crippen LogP contribution in [0.3, 0.4) is 0 Å². The van der Waals surface area contributed by atoms with E-state index < -0.39 is 5.25 Å². The van der Waals surface area contributed by atoms with E-state index in [1.165, 1.54) is 22.0 Å². The van der Waals surface area contributed by atoms with Crippen molar-refractivity contribution in [1.82, 2.24) is 14.9 Å². The minimum atomic E-state index is -0.401. The number of amides is 1. The number of nitrogens with one attached hydrogen (secondary N) is 1. The van der Waals surface area contributed by atoms with Gasteiger partial charge in [-0.25, -0.2) is 4.68 Å². The van der Waals surface area contributed by atoms with Gasteiger partial charge in [-0.1, -0.05) is 56.8 Å². The summed E-state index contributed by atoms with van der Waals surface area (Å²) >= 11 is 1.28. The molecule has 0 radical (unpaired) electrons. The van der Waals surface area contributed by atoms with E-state index in [4.69, 9.17) is 10.6 Å². The van der Waals surface area contributed by atoms with Gasteiger partial charge in [0, 0.05) is 30.0 Å². The summed E-state index contributed by atoms with van der Waals surface area (Å²) in [6, 6.07) is 16.0. The molecule has 0 bridgehead atoms. The van der Waals surface area contributed by atoms with Crippen molar-refractivity contribution >= 4 is 29.0 Å². The summed E-state index contributed by atoms with van der Waals surface area (Å²) in [6.45, 7) is 11.6. The standard InChI is InChI=1S/C25H32N6O2S/c1-17(23(32)27-20-9-11-21(12-10-20)30-13-15-33-16-14-30)34-24-29-28-22(31(24)26)18-5-7-19(8-6-18)25(2,3)4/h5-12,17H,13-16,26H2,1-4H3,(H,27,32). The molecule has 1 aliphatic rings. The summed E-state index contributed by atoms with van der Waals surface area (Å²) in [5, 5.41) is 11.5. The van der Waals surface area contributed by atoms with Gasteiger partial charge in [0.1, 0.15) is 0 Å². The summed E-state index contributed by atoms with van der Waals surface area (Å²) in [4.78, 5) is 15.0. The Morgan fingerprint density at radius 3 is 2.32 bits per heavy atom. The van der Waals surface area contributed by atoms with Crippen LogP contribution in [0.2, 0.25) is 0 Å². The monoisotopic (exact) mass is 480 g/mol. The number of carbonyl (C=O) groups is 1. The Kier molecular flexibility index (Phi) is 7.13.